The Bertz CT molecular complexity index is 544. The molecular formula is C13H16N4O. The van der Waals surface area contributed by atoms with E-state index in [9.17, 15) is 4.79 Å². The summed E-state index contributed by atoms with van der Waals surface area (Å²) < 4.78 is 1.54. The Balaban J connectivity index is 2.05. The van der Waals surface area contributed by atoms with Gasteiger partial charge in [0.15, 0.2) is 0 Å². The summed E-state index contributed by atoms with van der Waals surface area (Å²) >= 11 is 0. The second-order valence-electron chi connectivity index (χ2n) is 4.25. The molecule has 0 spiro atoms. The highest BCUT2D eigenvalue weighted by molar-refractivity contribution is 5.93. The predicted octanol–water partition coefficient (Wildman–Crippen LogP) is 1.97. The van der Waals surface area contributed by atoms with Gasteiger partial charge < -0.3 is 11.1 Å². The number of aryl methyl sites for hydroxylation is 1. The first kappa shape index (κ1) is 12.2. The third kappa shape index (κ3) is 2.68. The predicted molar refractivity (Wildman–Crippen MR) is 71.2 cm³/mol. The summed E-state index contributed by atoms with van der Waals surface area (Å²) in [5.41, 5.74) is 7.45. The van der Waals surface area contributed by atoms with Gasteiger partial charge in [0.25, 0.3) is 0 Å². The summed E-state index contributed by atoms with van der Waals surface area (Å²) in [6.07, 6.45) is 1.69. The molecule has 0 aliphatic carbocycles. The number of nitrogen functional groups attached to an aromatic ring is 1. The van der Waals surface area contributed by atoms with Gasteiger partial charge in [-0.2, -0.15) is 5.10 Å². The van der Waals surface area contributed by atoms with Crippen LogP contribution in [0.2, 0.25) is 0 Å². The van der Waals surface area contributed by atoms with E-state index in [0.29, 0.717) is 5.82 Å². The molecule has 1 amide bonds. The average molecular weight is 244 g/mol. The molecular weight excluding hydrogens is 228 g/mol. The monoisotopic (exact) mass is 244 g/mol. The summed E-state index contributed by atoms with van der Waals surface area (Å²) in [6, 6.07) is 8.91. The van der Waals surface area contributed by atoms with Crippen molar-refractivity contribution in [1.82, 2.24) is 9.78 Å². The van der Waals surface area contributed by atoms with Crippen LogP contribution in [-0.2, 0) is 4.79 Å². The molecule has 1 heterocycles. The van der Waals surface area contributed by atoms with E-state index in [4.69, 9.17) is 5.73 Å². The zero-order valence-corrected chi connectivity index (χ0v) is 10.4. The molecule has 0 bridgehead atoms. The Hall–Kier alpha value is -2.30. The first-order valence-electron chi connectivity index (χ1n) is 5.74. The third-order valence-corrected chi connectivity index (χ3v) is 2.72. The topological polar surface area (TPSA) is 72.9 Å². The number of aromatic nitrogens is 2. The van der Waals surface area contributed by atoms with E-state index in [1.165, 1.54) is 0 Å². The molecule has 2 rings (SSSR count). The maximum Gasteiger partial charge on any atom is 0.248 e. The van der Waals surface area contributed by atoms with Crippen LogP contribution in [0.25, 0.3) is 0 Å². The van der Waals surface area contributed by atoms with Crippen LogP contribution >= 0.6 is 0 Å². The lowest BCUT2D eigenvalue weighted by molar-refractivity contribution is -0.119. The Morgan fingerprint density at radius 3 is 2.56 bits per heavy atom. The highest BCUT2D eigenvalue weighted by atomic mass is 16.2. The number of nitrogens with two attached hydrogens (primary N) is 1. The Kier molecular flexibility index (Phi) is 3.32. The van der Waals surface area contributed by atoms with E-state index in [1.54, 1.807) is 23.9 Å². The highest BCUT2D eigenvalue weighted by Crippen LogP contribution is 2.13. The Morgan fingerprint density at radius 1 is 1.33 bits per heavy atom. The molecule has 1 unspecified atom stereocenters. The summed E-state index contributed by atoms with van der Waals surface area (Å²) in [7, 11) is 0. The standard InChI is InChI=1S/C13H16N4O/c1-9-3-5-11(6-4-9)15-13(18)10(2)17-8-7-12(14)16-17/h3-8,10H,1-2H3,(H2,14,16)(H,15,18). The van der Waals surface area contributed by atoms with Gasteiger partial charge in [-0.1, -0.05) is 17.7 Å². The largest absolute Gasteiger partial charge is 0.382 e. The molecule has 0 saturated heterocycles. The molecule has 0 aliphatic rings. The Labute approximate surface area is 106 Å². The third-order valence-electron chi connectivity index (χ3n) is 2.72. The minimum Gasteiger partial charge on any atom is -0.382 e. The molecule has 2 aromatic rings. The van der Waals surface area contributed by atoms with E-state index < -0.39 is 6.04 Å². The summed E-state index contributed by atoms with van der Waals surface area (Å²) in [5.74, 6) is 0.284. The van der Waals surface area contributed by atoms with Crippen molar-refractivity contribution in [3.63, 3.8) is 0 Å². The van der Waals surface area contributed by atoms with Crippen molar-refractivity contribution in [2.45, 2.75) is 19.9 Å². The van der Waals surface area contributed by atoms with Gasteiger partial charge in [-0.15, -0.1) is 0 Å². The van der Waals surface area contributed by atoms with Crippen LogP contribution in [0.3, 0.4) is 0 Å². The van der Waals surface area contributed by atoms with E-state index >= 15 is 0 Å². The van der Waals surface area contributed by atoms with Gasteiger partial charge in [0.1, 0.15) is 11.9 Å². The molecule has 3 N–H and O–H groups in total. The van der Waals surface area contributed by atoms with E-state index in [2.05, 4.69) is 10.4 Å². The van der Waals surface area contributed by atoms with E-state index in [1.807, 2.05) is 31.2 Å². The number of carbonyl (C=O) groups excluding carboxylic acids is 1. The zero-order valence-electron chi connectivity index (χ0n) is 10.4. The van der Waals surface area contributed by atoms with Crippen molar-refractivity contribution in [2.75, 3.05) is 11.1 Å². The fraction of sp³-hybridized carbons (Fsp3) is 0.231. The number of nitrogens with zero attached hydrogens (tertiary/aromatic N) is 2. The molecule has 1 aromatic carbocycles. The summed E-state index contributed by atoms with van der Waals surface area (Å²) in [6.45, 7) is 3.77. The maximum atomic E-state index is 12.0. The van der Waals surface area contributed by atoms with Crippen LogP contribution in [0.1, 0.15) is 18.5 Å². The molecule has 5 nitrogen and oxygen atoms in total. The zero-order chi connectivity index (χ0) is 13.1. The molecule has 0 aliphatic heterocycles. The van der Waals surface area contributed by atoms with Crippen molar-refractivity contribution in [2.24, 2.45) is 0 Å². The minimum absolute atomic E-state index is 0.123. The average Bonchev–Trinajstić information content (AvgIpc) is 2.78. The Morgan fingerprint density at radius 2 is 2.00 bits per heavy atom. The quantitative estimate of drug-likeness (QED) is 0.867. The number of hydrogen-bond donors (Lipinski definition) is 2. The van der Waals surface area contributed by atoms with Crippen LogP contribution in [0.4, 0.5) is 11.5 Å². The van der Waals surface area contributed by atoms with Crippen LogP contribution in [0.15, 0.2) is 36.5 Å². The summed E-state index contributed by atoms with van der Waals surface area (Å²) in [5, 5.41) is 6.86. The van der Waals surface area contributed by atoms with Crippen LogP contribution in [0, 0.1) is 6.92 Å². The molecule has 0 fully saturated rings. The number of amides is 1. The molecule has 0 radical (unpaired) electrons. The highest BCUT2D eigenvalue weighted by Gasteiger charge is 2.15. The molecule has 0 saturated carbocycles. The maximum absolute atomic E-state index is 12.0. The SMILES string of the molecule is Cc1ccc(NC(=O)C(C)n2ccc(N)n2)cc1. The second-order valence-corrected chi connectivity index (χ2v) is 4.25. The van der Waals surface area contributed by atoms with Crippen LogP contribution < -0.4 is 11.1 Å². The smallest absolute Gasteiger partial charge is 0.248 e. The molecule has 1 aromatic heterocycles. The van der Waals surface area contributed by atoms with Crippen molar-refractivity contribution < 1.29 is 4.79 Å². The lowest BCUT2D eigenvalue weighted by Crippen LogP contribution is -2.24. The van der Waals surface area contributed by atoms with E-state index in [0.717, 1.165) is 11.3 Å². The van der Waals surface area contributed by atoms with Crippen LogP contribution in [-0.4, -0.2) is 15.7 Å². The van der Waals surface area contributed by atoms with Crippen molar-refractivity contribution >= 4 is 17.4 Å². The number of rotatable bonds is 3. The van der Waals surface area contributed by atoms with E-state index in [-0.39, 0.29) is 5.91 Å². The van der Waals surface area contributed by atoms with Gasteiger partial charge in [-0.05, 0) is 32.0 Å². The fourth-order valence-electron chi connectivity index (χ4n) is 1.57. The number of benzene rings is 1. The first-order chi connectivity index (χ1) is 8.56. The number of anilines is 2. The van der Waals surface area contributed by atoms with Gasteiger partial charge in [0, 0.05) is 11.9 Å². The minimum atomic E-state index is -0.399. The number of hydrogen-bond acceptors (Lipinski definition) is 3. The van der Waals surface area contributed by atoms with Crippen molar-refractivity contribution in [3.8, 4) is 0 Å². The van der Waals surface area contributed by atoms with Gasteiger partial charge in [0.05, 0.1) is 0 Å². The first-order valence-corrected chi connectivity index (χ1v) is 5.74. The fourth-order valence-corrected chi connectivity index (χ4v) is 1.57. The number of nitrogens with one attached hydrogen (secondary N) is 1. The summed E-state index contributed by atoms with van der Waals surface area (Å²) in [4.78, 5) is 12.0. The molecule has 1 atom stereocenters. The van der Waals surface area contributed by atoms with Gasteiger partial charge in [-0.25, -0.2) is 0 Å². The molecule has 94 valence electrons. The van der Waals surface area contributed by atoms with Crippen molar-refractivity contribution in [1.29, 1.82) is 0 Å². The van der Waals surface area contributed by atoms with Crippen molar-refractivity contribution in [3.05, 3.63) is 42.1 Å². The van der Waals surface area contributed by atoms with Gasteiger partial charge >= 0.3 is 0 Å². The molecule has 18 heavy (non-hydrogen) atoms. The van der Waals surface area contributed by atoms with Crippen LogP contribution in [0.5, 0.6) is 0 Å². The van der Waals surface area contributed by atoms with Gasteiger partial charge in [-0.3, -0.25) is 9.48 Å². The number of carbonyl (C=O) groups is 1. The van der Waals surface area contributed by atoms with Gasteiger partial charge in [0.2, 0.25) is 5.91 Å². The normalized spacial score (nSPS) is 12.1. The molecule has 5 heteroatoms. The lowest BCUT2D eigenvalue weighted by Gasteiger charge is -2.12. The lowest BCUT2D eigenvalue weighted by atomic mass is 10.2. The second kappa shape index (κ2) is 4.91.